The van der Waals surface area contributed by atoms with E-state index in [9.17, 15) is 4.39 Å². The molecule has 0 aromatic heterocycles. The second-order valence-corrected chi connectivity index (χ2v) is 3.90. The number of nitrogens with two attached hydrogens (primary N) is 1. The molecule has 2 N–H and O–H groups in total. The zero-order chi connectivity index (χ0) is 12.7. The van der Waals surface area contributed by atoms with E-state index in [1.807, 2.05) is 6.08 Å². The van der Waals surface area contributed by atoms with Crippen LogP contribution in [0, 0.1) is 5.82 Å². The first-order chi connectivity index (χ1) is 8.22. The van der Waals surface area contributed by atoms with Gasteiger partial charge in [-0.1, -0.05) is 19.1 Å². The highest BCUT2D eigenvalue weighted by atomic mass is 19.1. The molecule has 94 valence electrons. The highest BCUT2D eigenvalue weighted by molar-refractivity contribution is 5.27. The first-order valence-corrected chi connectivity index (χ1v) is 5.92. The quantitative estimate of drug-likeness (QED) is 0.771. The van der Waals surface area contributed by atoms with Gasteiger partial charge in [0.1, 0.15) is 5.82 Å². The Kier molecular flexibility index (Phi) is 5.70. The van der Waals surface area contributed by atoms with E-state index in [2.05, 4.69) is 6.92 Å². The van der Waals surface area contributed by atoms with Crippen LogP contribution in [0.2, 0.25) is 0 Å². The largest absolute Gasteiger partial charge is 0.501 e. The molecule has 0 fully saturated rings. The molecule has 0 bridgehead atoms. The molecule has 0 amide bonds. The van der Waals surface area contributed by atoms with Gasteiger partial charge in [-0.25, -0.2) is 4.39 Å². The maximum atomic E-state index is 12.9. The van der Waals surface area contributed by atoms with Crippen molar-refractivity contribution in [1.82, 2.24) is 0 Å². The lowest BCUT2D eigenvalue weighted by molar-refractivity contribution is 0.259. The van der Waals surface area contributed by atoms with Crippen molar-refractivity contribution in [2.45, 2.75) is 25.7 Å². The minimum atomic E-state index is -0.223. The van der Waals surface area contributed by atoms with Crippen LogP contribution in [0.1, 0.15) is 31.2 Å². The number of hydrogen-bond donors (Lipinski definition) is 1. The van der Waals surface area contributed by atoms with Gasteiger partial charge in [-0.05, 0) is 43.2 Å². The lowest BCUT2D eigenvalue weighted by atomic mass is 9.93. The van der Waals surface area contributed by atoms with E-state index in [0.717, 1.165) is 24.2 Å². The first-order valence-electron chi connectivity index (χ1n) is 5.92. The Morgan fingerprint density at radius 1 is 1.41 bits per heavy atom. The molecule has 0 heterocycles. The fourth-order valence-corrected chi connectivity index (χ4v) is 1.90. The zero-order valence-electron chi connectivity index (χ0n) is 10.4. The van der Waals surface area contributed by atoms with Gasteiger partial charge < -0.3 is 10.5 Å². The Bertz CT molecular complexity index is 359. The van der Waals surface area contributed by atoms with E-state index in [1.165, 1.54) is 12.1 Å². The van der Waals surface area contributed by atoms with Crippen molar-refractivity contribution in [1.29, 1.82) is 0 Å². The highest BCUT2D eigenvalue weighted by Crippen LogP contribution is 2.28. The molecule has 0 radical (unpaired) electrons. The molecule has 3 heteroatoms. The molecule has 2 nitrogen and oxygen atoms in total. The summed E-state index contributed by atoms with van der Waals surface area (Å²) in [5.74, 6) is 0.800. The number of benzene rings is 1. The SMILES string of the molecule is CC/C=C(\OC)C(CCN)c1ccc(F)cc1. The van der Waals surface area contributed by atoms with Crippen LogP contribution in [0.5, 0.6) is 0 Å². The van der Waals surface area contributed by atoms with Gasteiger partial charge in [-0.3, -0.25) is 0 Å². The van der Waals surface area contributed by atoms with Gasteiger partial charge in [-0.2, -0.15) is 0 Å². The Balaban J connectivity index is 2.99. The fraction of sp³-hybridized carbons (Fsp3) is 0.429. The van der Waals surface area contributed by atoms with Gasteiger partial charge in [0.05, 0.1) is 12.9 Å². The summed E-state index contributed by atoms with van der Waals surface area (Å²) in [5, 5.41) is 0. The number of methoxy groups -OCH3 is 1. The average Bonchev–Trinajstić information content (AvgIpc) is 2.35. The third kappa shape index (κ3) is 3.86. The van der Waals surface area contributed by atoms with Gasteiger partial charge in [0.2, 0.25) is 0 Å². The molecule has 0 aliphatic rings. The van der Waals surface area contributed by atoms with Crippen LogP contribution in [0.3, 0.4) is 0 Å². The van der Waals surface area contributed by atoms with E-state index >= 15 is 0 Å². The van der Waals surface area contributed by atoms with Crippen LogP contribution in [-0.2, 0) is 4.74 Å². The normalized spacial score (nSPS) is 13.5. The van der Waals surface area contributed by atoms with E-state index in [-0.39, 0.29) is 11.7 Å². The van der Waals surface area contributed by atoms with Gasteiger partial charge in [0.25, 0.3) is 0 Å². The van der Waals surface area contributed by atoms with Crippen molar-refractivity contribution >= 4 is 0 Å². The molecular weight excluding hydrogens is 217 g/mol. The van der Waals surface area contributed by atoms with Crippen LogP contribution in [0.4, 0.5) is 4.39 Å². The molecule has 1 aromatic rings. The second kappa shape index (κ2) is 7.07. The minimum Gasteiger partial charge on any atom is -0.501 e. The Labute approximate surface area is 102 Å². The topological polar surface area (TPSA) is 35.2 Å². The average molecular weight is 237 g/mol. The van der Waals surface area contributed by atoms with Gasteiger partial charge in [0, 0.05) is 5.92 Å². The number of allylic oxidation sites excluding steroid dienone is 2. The van der Waals surface area contributed by atoms with Crippen molar-refractivity contribution in [2.75, 3.05) is 13.7 Å². The predicted octanol–water partition coefficient (Wildman–Crippen LogP) is 3.20. The molecule has 0 saturated carbocycles. The van der Waals surface area contributed by atoms with E-state index in [4.69, 9.17) is 10.5 Å². The van der Waals surface area contributed by atoms with E-state index in [1.54, 1.807) is 19.2 Å². The molecule has 1 atom stereocenters. The van der Waals surface area contributed by atoms with Crippen LogP contribution in [-0.4, -0.2) is 13.7 Å². The van der Waals surface area contributed by atoms with Crippen LogP contribution < -0.4 is 5.73 Å². The lowest BCUT2D eigenvalue weighted by Gasteiger charge is -2.19. The molecule has 17 heavy (non-hydrogen) atoms. The number of hydrogen-bond acceptors (Lipinski definition) is 2. The highest BCUT2D eigenvalue weighted by Gasteiger charge is 2.16. The van der Waals surface area contributed by atoms with Crippen molar-refractivity contribution in [2.24, 2.45) is 5.73 Å². The van der Waals surface area contributed by atoms with Gasteiger partial charge in [0.15, 0.2) is 0 Å². The lowest BCUT2D eigenvalue weighted by Crippen LogP contribution is -2.11. The molecule has 0 aliphatic carbocycles. The molecule has 0 aliphatic heterocycles. The van der Waals surface area contributed by atoms with Crippen molar-refractivity contribution in [3.63, 3.8) is 0 Å². The first kappa shape index (κ1) is 13.7. The number of ether oxygens (including phenoxy) is 1. The summed E-state index contributed by atoms with van der Waals surface area (Å²) < 4.78 is 18.3. The van der Waals surface area contributed by atoms with Gasteiger partial charge >= 0.3 is 0 Å². The Morgan fingerprint density at radius 2 is 2.06 bits per heavy atom. The summed E-state index contributed by atoms with van der Waals surface area (Å²) in [6, 6.07) is 6.52. The minimum absolute atomic E-state index is 0.116. The van der Waals surface area contributed by atoms with E-state index < -0.39 is 0 Å². The predicted molar refractivity (Wildman–Crippen MR) is 68.2 cm³/mol. The Morgan fingerprint density at radius 3 is 2.53 bits per heavy atom. The molecule has 1 unspecified atom stereocenters. The zero-order valence-corrected chi connectivity index (χ0v) is 10.4. The summed E-state index contributed by atoms with van der Waals surface area (Å²) in [6.45, 7) is 2.63. The third-order valence-electron chi connectivity index (χ3n) is 2.71. The monoisotopic (exact) mass is 237 g/mol. The smallest absolute Gasteiger partial charge is 0.123 e. The fourth-order valence-electron chi connectivity index (χ4n) is 1.90. The third-order valence-corrected chi connectivity index (χ3v) is 2.71. The summed E-state index contributed by atoms with van der Waals surface area (Å²) in [5.41, 5.74) is 6.67. The van der Waals surface area contributed by atoms with Crippen molar-refractivity contribution < 1.29 is 9.13 Å². The summed E-state index contributed by atoms with van der Waals surface area (Å²) in [6.07, 6.45) is 3.75. The van der Waals surface area contributed by atoms with Crippen molar-refractivity contribution in [3.05, 3.63) is 47.5 Å². The summed E-state index contributed by atoms with van der Waals surface area (Å²) in [7, 11) is 1.66. The molecule has 0 spiro atoms. The molecule has 0 saturated heterocycles. The molecule has 1 aromatic carbocycles. The van der Waals surface area contributed by atoms with Crippen molar-refractivity contribution in [3.8, 4) is 0 Å². The summed E-state index contributed by atoms with van der Waals surface area (Å²) >= 11 is 0. The van der Waals surface area contributed by atoms with E-state index in [0.29, 0.717) is 6.54 Å². The molecule has 1 rings (SSSR count). The maximum absolute atomic E-state index is 12.9. The standard InChI is InChI=1S/C14H20FNO/c1-3-4-14(17-2)13(9-10-16)11-5-7-12(15)8-6-11/h4-8,13H,3,9-10,16H2,1-2H3/b14-4-. The maximum Gasteiger partial charge on any atom is 0.123 e. The summed E-state index contributed by atoms with van der Waals surface area (Å²) in [4.78, 5) is 0. The number of rotatable bonds is 6. The van der Waals surface area contributed by atoms with Crippen LogP contribution in [0.15, 0.2) is 36.1 Å². The second-order valence-electron chi connectivity index (χ2n) is 3.90. The van der Waals surface area contributed by atoms with Gasteiger partial charge in [-0.15, -0.1) is 0 Å². The van der Waals surface area contributed by atoms with Crippen LogP contribution in [0.25, 0.3) is 0 Å². The molecular formula is C14H20FNO. The van der Waals surface area contributed by atoms with Crippen LogP contribution >= 0.6 is 0 Å². The number of halogens is 1. The Hall–Kier alpha value is -1.35.